The Bertz CT molecular complexity index is 777. The van der Waals surface area contributed by atoms with Crippen LogP contribution in [-0.2, 0) is 6.54 Å². The molecule has 0 atom stereocenters. The highest BCUT2D eigenvalue weighted by molar-refractivity contribution is 9.10. The minimum Gasteiger partial charge on any atom is -0.340 e. The lowest BCUT2D eigenvalue weighted by Crippen LogP contribution is -2.09. The molecule has 3 rings (SSSR count). The van der Waals surface area contributed by atoms with Crippen LogP contribution in [0.4, 0.5) is 4.39 Å². The van der Waals surface area contributed by atoms with E-state index in [1.165, 1.54) is 24.3 Å². The number of aromatic nitrogens is 1. The van der Waals surface area contributed by atoms with Crippen molar-refractivity contribution in [1.29, 1.82) is 0 Å². The monoisotopic (exact) mass is 331 g/mol. The lowest BCUT2D eigenvalue weighted by molar-refractivity contribution is 0.0973. The molecule has 0 saturated heterocycles. The number of benzene rings is 2. The molecule has 0 aliphatic carbocycles. The van der Waals surface area contributed by atoms with Crippen molar-refractivity contribution < 1.29 is 9.18 Å². The predicted molar refractivity (Wildman–Crippen MR) is 80.4 cm³/mol. The van der Waals surface area contributed by atoms with Crippen LogP contribution in [-0.4, -0.2) is 10.4 Å². The van der Waals surface area contributed by atoms with Crippen molar-refractivity contribution >= 4 is 32.6 Å². The van der Waals surface area contributed by atoms with Crippen LogP contribution in [0.5, 0.6) is 0 Å². The van der Waals surface area contributed by atoms with E-state index < -0.39 is 0 Å². The number of Topliss-reactive ketones (excluding diaryl/α,β-unsaturated/α-hetero) is 1. The largest absolute Gasteiger partial charge is 0.340 e. The summed E-state index contributed by atoms with van der Waals surface area (Å²) in [7, 11) is 0. The van der Waals surface area contributed by atoms with Gasteiger partial charge in [-0.15, -0.1) is 0 Å². The highest BCUT2D eigenvalue weighted by Crippen LogP contribution is 2.21. The van der Waals surface area contributed by atoms with Crippen molar-refractivity contribution in [3.05, 3.63) is 70.6 Å². The minimum atomic E-state index is -0.336. The third-order valence-corrected chi connectivity index (χ3v) is 3.71. The fraction of sp³-hybridized carbons (Fsp3) is 0.0625. The summed E-state index contributed by atoms with van der Waals surface area (Å²) < 4.78 is 15.7. The van der Waals surface area contributed by atoms with E-state index in [0.29, 0.717) is 5.56 Å². The summed E-state index contributed by atoms with van der Waals surface area (Å²) in [5, 5.41) is 1.08. The zero-order valence-corrected chi connectivity index (χ0v) is 12.1. The Kier molecular flexibility index (Phi) is 3.40. The number of carbonyl (C=O) groups is 1. The van der Waals surface area contributed by atoms with Crippen molar-refractivity contribution in [2.24, 2.45) is 0 Å². The van der Waals surface area contributed by atoms with Gasteiger partial charge in [0.15, 0.2) is 5.78 Å². The van der Waals surface area contributed by atoms with E-state index in [1.807, 2.05) is 35.0 Å². The number of carbonyl (C=O) groups excluding carboxylic acids is 1. The van der Waals surface area contributed by atoms with E-state index in [1.54, 1.807) is 0 Å². The summed E-state index contributed by atoms with van der Waals surface area (Å²) in [5.41, 5.74) is 1.51. The average Bonchev–Trinajstić information content (AvgIpc) is 2.82. The van der Waals surface area contributed by atoms with Gasteiger partial charge in [-0.3, -0.25) is 4.79 Å². The van der Waals surface area contributed by atoms with Gasteiger partial charge in [-0.2, -0.15) is 0 Å². The van der Waals surface area contributed by atoms with Crippen molar-refractivity contribution in [3.63, 3.8) is 0 Å². The fourth-order valence-electron chi connectivity index (χ4n) is 2.18. The summed E-state index contributed by atoms with van der Waals surface area (Å²) in [5.74, 6) is -0.376. The first-order valence-corrected chi connectivity index (χ1v) is 6.96. The summed E-state index contributed by atoms with van der Waals surface area (Å²) in [6.45, 7) is 0.242. The van der Waals surface area contributed by atoms with Crippen molar-refractivity contribution in [3.8, 4) is 0 Å². The summed E-state index contributed by atoms with van der Waals surface area (Å²) in [6, 6.07) is 13.5. The van der Waals surface area contributed by atoms with Gasteiger partial charge in [0.05, 0.1) is 6.54 Å². The Labute approximate surface area is 124 Å². The van der Waals surface area contributed by atoms with Crippen LogP contribution >= 0.6 is 15.9 Å². The third-order valence-electron chi connectivity index (χ3n) is 3.22. The third kappa shape index (κ3) is 2.51. The maximum absolute atomic E-state index is 12.9. The summed E-state index contributed by atoms with van der Waals surface area (Å²) in [6.07, 6.45) is 1.89. The number of fused-ring (bicyclic) bond motifs is 1. The molecule has 0 bridgehead atoms. The number of hydrogen-bond acceptors (Lipinski definition) is 1. The second kappa shape index (κ2) is 5.21. The Balaban J connectivity index is 1.91. The number of ketones is 1. The molecule has 1 aromatic heterocycles. The molecule has 2 aromatic carbocycles. The molecule has 0 radical (unpaired) electrons. The molecule has 2 nitrogen and oxygen atoms in total. The van der Waals surface area contributed by atoms with Gasteiger partial charge >= 0.3 is 0 Å². The summed E-state index contributed by atoms with van der Waals surface area (Å²) in [4.78, 5) is 12.2. The number of rotatable bonds is 3. The van der Waals surface area contributed by atoms with Gasteiger partial charge in [0.2, 0.25) is 0 Å². The zero-order chi connectivity index (χ0) is 14.1. The van der Waals surface area contributed by atoms with Crippen LogP contribution in [0, 0.1) is 5.82 Å². The normalized spacial score (nSPS) is 10.9. The predicted octanol–water partition coefficient (Wildman–Crippen LogP) is 4.43. The maximum atomic E-state index is 12.9. The van der Waals surface area contributed by atoms with Gasteiger partial charge in [0, 0.05) is 21.7 Å². The molecule has 3 aromatic rings. The number of nitrogens with zero attached hydrogens (tertiary/aromatic N) is 1. The average molecular weight is 332 g/mol. The molecule has 100 valence electrons. The molecule has 0 N–H and O–H groups in total. The number of halogens is 2. The van der Waals surface area contributed by atoms with Crippen LogP contribution < -0.4 is 0 Å². The molecule has 0 fully saturated rings. The molecule has 0 unspecified atom stereocenters. The summed E-state index contributed by atoms with van der Waals surface area (Å²) >= 11 is 3.43. The van der Waals surface area contributed by atoms with E-state index in [4.69, 9.17) is 0 Å². The zero-order valence-electron chi connectivity index (χ0n) is 10.5. The SMILES string of the molecule is O=C(Cn1ccc2ccc(Br)cc21)c1ccc(F)cc1. The molecule has 4 heteroatoms. The van der Waals surface area contributed by atoms with E-state index in [2.05, 4.69) is 15.9 Å². The van der Waals surface area contributed by atoms with Crippen molar-refractivity contribution in [2.45, 2.75) is 6.54 Å². The lowest BCUT2D eigenvalue weighted by Gasteiger charge is -2.05. The first kappa shape index (κ1) is 13.1. The van der Waals surface area contributed by atoms with Crippen molar-refractivity contribution in [2.75, 3.05) is 0 Å². The molecule has 0 aliphatic heterocycles. The lowest BCUT2D eigenvalue weighted by atomic mass is 10.1. The Morgan fingerprint density at radius 2 is 1.85 bits per heavy atom. The van der Waals surface area contributed by atoms with E-state index in [0.717, 1.165) is 15.4 Å². The standard InChI is InChI=1S/C16H11BrFNO/c17-13-4-1-11-7-8-19(15(11)9-13)10-16(20)12-2-5-14(18)6-3-12/h1-9H,10H2. The van der Waals surface area contributed by atoms with E-state index >= 15 is 0 Å². The molecule has 0 aliphatic rings. The maximum Gasteiger partial charge on any atom is 0.182 e. The van der Waals surface area contributed by atoms with E-state index in [-0.39, 0.29) is 18.1 Å². The number of hydrogen-bond donors (Lipinski definition) is 0. The molecule has 0 spiro atoms. The quantitative estimate of drug-likeness (QED) is 0.651. The van der Waals surface area contributed by atoms with Crippen LogP contribution in [0.3, 0.4) is 0 Å². The van der Waals surface area contributed by atoms with Crippen LogP contribution in [0.25, 0.3) is 10.9 Å². The second-order valence-corrected chi connectivity index (χ2v) is 5.49. The first-order valence-electron chi connectivity index (χ1n) is 6.17. The van der Waals surface area contributed by atoms with Gasteiger partial charge in [-0.1, -0.05) is 22.0 Å². The van der Waals surface area contributed by atoms with Gasteiger partial charge in [-0.25, -0.2) is 4.39 Å². The molecule has 20 heavy (non-hydrogen) atoms. The molecular weight excluding hydrogens is 321 g/mol. The van der Waals surface area contributed by atoms with Gasteiger partial charge in [0.1, 0.15) is 5.82 Å². The fourth-order valence-corrected chi connectivity index (χ4v) is 2.53. The smallest absolute Gasteiger partial charge is 0.182 e. The van der Waals surface area contributed by atoms with Gasteiger partial charge in [-0.05, 0) is 47.9 Å². The van der Waals surface area contributed by atoms with Crippen LogP contribution in [0.2, 0.25) is 0 Å². The van der Waals surface area contributed by atoms with Crippen molar-refractivity contribution in [1.82, 2.24) is 4.57 Å². The Hall–Kier alpha value is -1.94. The molecule has 1 heterocycles. The minimum absolute atomic E-state index is 0.0394. The Morgan fingerprint density at radius 3 is 2.60 bits per heavy atom. The Morgan fingerprint density at radius 1 is 1.10 bits per heavy atom. The van der Waals surface area contributed by atoms with Gasteiger partial charge in [0.25, 0.3) is 0 Å². The first-order chi connectivity index (χ1) is 9.63. The second-order valence-electron chi connectivity index (χ2n) is 4.58. The molecule has 0 saturated carbocycles. The molecular formula is C16H11BrFNO. The van der Waals surface area contributed by atoms with E-state index in [9.17, 15) is 9.18 Å². The van der Waals surface area contributed by atoms with Crippen LogP contribution in [0.15, 0.2) is 59.2 Å². The highest BCUT2D eigenvalue weighted by atomic mass is 79.9. The van der Waals surface area contributed by atoms with Gasteiger partial charge < -0.3 is 4.57 Å². The highest BCUT2D eigenvalue weighted by Gasteiger charge is 2.09. The topological polar surface area (TPSA) is 22.0 Å². The van der Waals surface area contributed by atoms with Crippen LogP contribution in [0.1, 0.15) is 10.4 Å². The molecule has 0 amide bonds.